The van der Waals surface area contributed by atoms with Crippen LogP contribution in [0.25, 0.3) is 0 Å². The van der Waals surface area contributed by atoms with Crippen LogP contribution in [0.4, 0.5) is 0 Å². The number of hydrogen-bond donors (Lipinski definition) is 1. The van der Waals surface area contributed by atoms with Crippen LogP contribution in [0.15, 0.2) is 18.2 Å². The molecule has 2 fully saturated rings. The second kappa shape index (κ2) is 8.06. The topological polar surface area (TPSA) is 61.9 Å². The molecular weight excluding hydrogens is 342 g/mol. The van der Waals surface area contributed by atoms with E-state index in [4.69, 9.17) is 16.3 Å². The fraction of sp³-hybridized carbons (Fsp3) is 0.556. The van der Waals surface area contributed by atoms with Gasteiger partial charge in [-0.15, -0.1) is 0 Å². The number of carbonyl (C=O) groups is 2. The minimum atomic E-state index is -0.0494. The molecule has 0 spiro atoms. The standard InChI is InChI=1S/C18H24ClN3O3/c1-13-15(19)5-2-6-16(13)25-12-18(24)21-8-3-4-14(11-21)22-9-7-20-10-17(22)23/h2,5-6,14,20H,3-4,7-12H2,1H3. The minimum absolute atomic E-state index is 0.0105. The largest absolute Gasteiger partial charge is 0.483 e. The van der Waals surface area contributed by atoms with E-state index in [1.54, 1.807) is 6.07 Å². The average Bonchev–Trinajstić information content (AvgIpc) is 2.63. The quantitative estimate of drug-likeness (QED) is 0.877. The highest BCUT2D eigenvalue weighted by Gasteiger charge is 2.31. The molecular formula is C18H24ClN3O3. The monoisotopic (exact) mass is 365 g/mol. The Morgan fingerprint density at radius 3 is 3.04 bits per heavy atom. The van der Waals surface area contributed by atoms with Crippen LogP contribution in [0.2, 0.25) is 5.02 Å². The van der Waals surface area contributed by atoms with Gasteiger partial charge in [0, 0.05) is 42.8 Å². The number of hydrogen-bond acceptors (Lipinski definition) is 4. The molecule has 2 heterocycles. The molecule has 2 aliphatic rings. The van der Waals surface area contributed by atoms with Gasteiger partial charge in [-0.3, -0.25) is 9.59 Å². The molecule has 6 nitrogen and oxygen atoms in total. The third-order valence-corrected chi connectivity index (χ3v) is 5.29. The van der Waals surface area contributed by atoms with Gasteiger partial charge in [0.05, 0.1) is 6.54 Å². The van der Waals surface area contributed by atoms with Gasteiger partial charge in [-0.25, -0.2) is 0 Å². The minimum Gasteiger partial charge on any atom is -0.483 e. The summed E-state index contributed by atoms with van der Waals surface area (Å²) in [5.41, 5.74) is 0.833. The summed E-state index contributed by atoms with van der Waals surface area (Å²) in [5, 5.41) is 3.71. The van der Waals surface area contributed by atoms with E-state index in [9.17, 15) is 9.59 Å². The fourth-order valence-electron chi connectivity index (χ4n) is 3.42. The van der Waals surface area contributed by atoms with Gasteiger partial charge < -0.3 is 19.9 Å². The van der Waals surface area contributed by atoms with Gasteiger partial charge in [0.25, 0.3) is 5.91 Å². The van der Waals surface area contributed by atoms with E-state index >= 15 is 0 Å². The zero-order valence-electron chi connectivity index (χ0n) is 14.5. The number of benzene rings is 1. The van der Waals surface area contributed by atoms with E-state index in [1.807, 2.05) is 28.9 Å². The molecule has 1 N–H and O–H groups in total. The lowest BCUT2D eigenvalue weighted by atomic mass is 10.0. The lowest BCUT2D eigenvalue weighted by Crippen LogP contribution is -2.57. The molecule has 2 aliphatic heterocycles. The van der Waals surface area contributed by atoms with Crippen molar-refractivity contribution in [1.82, 2.24) is 15.1 Å². The molecule has 1 atom stereocenters. The van der Waals surface area contributed by atoms with Crippen molar-refractivity contribution in [1.29, 1.82) is 0 Å². The summed E-state index contributed by atoms with van der Waals surface area (Å²) in [4.78, 5) is 28.3. The number of ether oxygens (including phenoxy) is 1. The molecule has 1 unspecified atom stereocenters. The molecule has 1 aromatic carbocycles. The molecule has 3 rings (SSSR count). The Labute approximate surface area is 153 Å². The number of likely N-dealkylation sites (tertiary alicyclic amines) is 1. The maximum absolute atomic E-state index is 12.5. The number of rotatable bonds is 4. The first-order valence-corrected chi connectivity index (χ1v) is 9.10. The van der Waals surface area contributed by atoms with Crippen LogP contribution in [-0.4, -0.2) is 67.0 Å². The van der Waals surface area contributed by atoms with E-state index in [1.165, 1.54) is 0 Å². The van der Waals surface area contributed by atoms with E-state index in [0.717, 1.165) is 24.9 Å². The van der Waals surface area contributed by atoms with Gasteiger partial charge in [-0.1, -0.05) is 17.7 Å². The molecule has 0 saturated carbocycles. The van der Waals surface area contributed by atoms with Crippen LogP contribution in [0.3, 0.4) is 0 Å². The van der Waals surface area contributed by atoms with Crippen LogP contribution in [-0.2, 0) is 9.59 Å². The Bertz CT molecular complexity index is 652. The van der Waals surface area contributed by atoms with Crippen LogP contribution >= 0.6 is 11.6 Å². The van der Waals surface area contributed by atoms with E-state index in [2.05, 4.69) is 5.32 Å². The number of carbonyl (C=O) groups excluding carboxylic acids is 2. The number of piperazine rings is 1. The summed E-state index contributed by atoms with van der Waals surface area (Å²) in [5.74, 6) is 0.703. The first-order chi connectivity index (χ1) is 12.1. The summed E-state index contributed by atoms with van der Waals surface area (Å²) in [6.45, 7) is 5.08. The molecule has 25 heavy (non-hydrogen) atoms. The molecule has 2 saturated heterocycles. The van der Waals surface area contributed by atoms with Crippen molar-refractivity contribution in [2.24, 2.45) is 0 Å². The van der Waals surface area contributed by atoms with Gasteiger partial charge in [-0.2, -0.15) is 0 Å². The maximum atomic E-state index is 12.5. The Morgan fingerprint density at radius 2 is 2.24 bits per heavy atom. The van der Waals surface area contributed by atoms with Gasteiger partial charge in [0.2, 0.25) is 5.91 Å². The SMILES string of the molecule is Cc1c(Cl)cccc1OCC(=O)N1CCCC(N2CCNCC2=O)C1. The first kappa shape index (κ1) is 18.0. The van der Waals surface area contributed by atoms with Crippen LogP contribution in [0, 0.1) is 6.92 Å². The average molecular weight is 366 g/mol. The predicted octanol–water partition coefficient (Wildman–Crippen LogP) is 1.45. The third kappa shape index (κ3) is 4.25. The molecule has 1 aromatic rings. The highest BCUT2D eigenvalue weighted by molar-refractivity contribution is 6.31. The van der Waals surface area contributed by atoms with Gasteiger partial charge in [0.15, 0.2) is 6.61 Å². The normalized spacial score (nSPS) is 21.4. The number of halogens is 1. The van der Waals surface area contributed by atoms with Crippen molar-refractivity contribution >= 4 is 23.4 Å². The van der Waals surface area contributed by atoms with Gasteiger partial charge in [0.1, 0.15) is 5.75 Å². The van der Waals surface area contributed by atoms with Crippen LogP contribution < -0.4 is 10.1 Å². The zero-order chi connectivity index (χ0) is 17.8. The summed E-state index contributed by atoms with van der Waals surface area (Å²) >= 11 is 6.08. The lowest BCUT2D eigenvalue weighted by Gasteiger charge is -2.41. The van der Waals surface area contributed by atoms with E-state index < -0.39 is 0 Å². The third-order valence-electron chi connectivity index (χ3n) is 4.89. The van der Waals surface area contributed by atoms with Crippen LogP contribution in [0.1, 0.15) is 18.4 Å². The fourth-order valence-corrected chi connectivity index (χ4v) is 3.58. The Balaban J connectivity index is 1.56. The molecule has 2 amide bonds. The van der Waals surface area contributed by atoms with Crippen LogP contribution in [0.5, 0.6) is 5.75 Å². The summed E-state index contributed by atoms with van der Waals surface area (Å²) in [6.07, 6.45) is 1.85. The van der Waals surface area contributed by atoms with Gasteiger partial charge in [-0.05, 0) is 31.9 Å². The van der Waals surface area contributed by atoms with Gasteiger partial charge >= 0.3 is 0 Å². The molecule has 7 heteroatoms. The Morgan fingerprint density at radius 1 is 1.40 bits per heavy atom. The zero-order valence-corrected chi connectivity index (χ0v) is 15.2. The summed E-state index contributed by atoms with van der Waals surface area (Å²) in [6, 6.07) is 5.53. The number of nitrogens with zero attached hydrogens (tertiary/aromatic N) is 2. The Kier molecular flexibility index (Phi) is 5.81. The lowest BCUT2D eigenvalue weighted by molar-refractivity contribution is -0.141. The van der Waals surface area contributed by atoms with Crippen molar-refractivity contribution in [2.45, 2.75) is 25.8 Å². The first-order valence-electron chi connectivity index (χ1n) is 8.72. The molecule has 0 bridgehead atoms. The number of amides is 2. The van der Waals surface area contributed by atoms with E-state index in [-0.39, 0.29) is 24.5 Å². The van der Waals surface area contributed by atoms with Crippen molar-refractivity contribution in [3.05, 3.63) is 28.8 Å². The van der Waals surface area contributed by atoms with Crippen molar-refractivity contribution < 1.29 is 14.3 Å². The number of piperidine rings is 1. The maximum Gasteiger partial charge on any atom is 0.260 e. The molecule has 0 radical (unpaired) electrons. The van der Waals surface area contributed by atoms with Crippen molar-refractivity contribution in [3.8, 4) is 5.75 Å². The molecule has 136 valence electrons. The van der Waals surface area contributed by atoms with Crippen molar-refractivity contribution in [3.63, 3.8) is 0 Å². The second-order valence-electron chi connectivity index (χ2n) is 6.55. The summed E-state index contributed by atoms with van der Waals surface area (Å²) < 4.78 is 5.67. The molecule has 0 aliphatic carbocycles. The smallest absolute Gasteiger partial charge is 0.260 e. The number of nitrogens with one attached hydrogen (secondary N) is 1. The predicted molar refractivity (Wildman–Crippen MR) is 95.9 cm³/mol. The summed E-state index contributed by atoms with van der Waals surface area (Å²) in [7, 11) is 0. The highest BCUT2D eigenvalue weighted by atomic mass is 35.5. The Hall–Kier alpha value is -1.79. The van der Waals surface area contributed by atoms with Crippen molar-refractivity contribution in [2.75, 3.05) is 39.3 Å². The molecule has 0 aromatic heterocycles. The second-order valence-corrected chi connectivity index (χ2v) is 6.96. The van der Waals surface area contributed by atoms with E-state index in [0.29, 0.717) is 37.0 Å². The highest BCUT2D eigenvalue weighted by Crippen LogP contribution is 2.25.